The Balaban J connectivity index is 1.43. The lowest BCUT2D eigenvalue weighted by atomic mass is 9.83. The Bertz CT molecular complexity index is 689. The highest BCUT2D eigenvalue weighted by molar-refractivity contribution is 8.04. The van der Waals surface area contributed by atoms with Gasteiger partial charge < -0.3 is 14.7 Å². The third-order valence-corrected chi connectivity index (χ3v) is 8.08. The van der Waals surface area contributed by atoms with Gasteiger partial charge in [0.05, 0.1) is 30.1 Å². The first-order valence-corrected chi connectivity index (χ1v) is 11.5. The van der Waals surface area contributed by atoms with E-state index in [9.17, 15) is 5.11 Å². The topological polar surface area (TPSA) is 60.7 Å². The summed E-state index contributed by atoms with van der Waals surface area (Å²) in [7, 11) is 0. The molecule has 0 spiro atoms. The van der Waals surface area contributed by atoms with E-state index < -0.39 is 5.60 Å². The lowest BCUT2D eigenvalue weighted by molar-refractivity contribution is -0.0111. The van der Waals surface area contributed by atoms with Gasteiger partial charge in [0, 0.05) is 24.5 Å². The molecule has 2 unspecified atom stereocenters. The van der Waals surface area contributed by atoms with Crippen molar-refractivity contribution in [1.29, 1.82) is 0 Å². The number of aliphatic imine (C=N–C) groups is 2. The molecule has 4 rings (SSSR count). The van der Waals surface area contributed by atoms with Gasteiger partial charge >= 0.3 is 0 Å². The van der Waals surface area contributed by atoms with Crippen LogP contribution in [0.15, 0.2) is 20.5 Å². The van der Waals surface area contributed by atoms with Crippen LogP contribution in [0.3, 0.4) is 0 Å². The van der Waals surface area contributed by atoms with Crippen molar-refractivity contribution in [3.05, 3.63) is 10.5 Å². The Labute approximate surface area is 177 Å². The molecule has 1 N–H and O–H groups in total. The van der Waals surface area contributed by atoms with Gasteiger partial charge in [-0.2, -0.15) is 0 Å². The van der Waals surface area contributed by atoms with Crippen LogP contribution in [-0.4, -0.2) is 88.9 Å². The number of morpholine rings is 1. The first-order chi connectivity index (χ1) is 13.3. The van der Waals surface area contributed by atoms with Crippen molar-refractivity contribution in [1.82, 2.24) is 9.80 Å². The smallest absolute Gasteiger partial charge is 0.220 e. The molecule has 0 aromatic heterocycles. The summed E-state index contributed by atoms with van der Waals surface area (Å²) in [5.74, 6) is 1.45. The Morgan fingerprint density at radius 1 is 1.21 bits per heavy atom. The number of ether oxygens (including phenoxy) is 1. The summed E-state index contributed by atoms with van der Waals surface area (Å²) < 4.78 is 5.50. The molecule has 0 radical (unpaired) electrons. The van der Waals surface area contributed by atoms with Crippen LogP contribution < -0.4 is 0 Å². The van der Waals surface area contributed by atoms with Crippen molar-refractivity contribution in [3.8, 4) is 0 Å². The molecule has 8 heteroatoms. The van der Waals surface area contributed by atoms with Gasteiger partial charge in [0.1, 0.15) is 5.84 Å². The minimum atomic E-state index is -0.576. The molecule has 0 aromatic rings. The predicted molar refractivity (Wildman–Crippen MR) is 116 cm³/mol. The molecular weight excluding hydrogens is 396 g/mol. The number of rotatable bonds is 3. The molecule has 4 heterocycles. The molecule has 2 saturated heterocycles. The van der Waals surface area contributed by atoms with Gasteiger partial charge in [-0.3, -0.25) is 4.90 Å². The van der Waals surface area contributed by atoms with Crippen molar-refractivity contribution in [2.24, 2.45) is 15.9 Å². The molecule has 4 aliphatic heterocycles. The summed E-state index contributed by atoms with van der Waals surface area (Å²) >= 11 is 8.22. The highest BCUT2D eigenvalue weighted by atomic mass is 35.5. The van der Waals surface area contributed by atoms with E-state index >= 15 is 0 Å². The second kappa shape index (κ2) is 8.26. The third-order valence-electron chi connectivity index (χ3n) is 6.44. The number of nitrogens with zero attached hydrogens (tertiary/aromatic N) is 4. The zero-order valence-electron chi connectivity index (χ0n) is 17.0. The SMILES string of the molecule is CC1=C(CN2CCC(C(C)(C)O)CC2)SC2C(N3CCOCC3)=NC(Cl)=NC12. The van der Waals surface area contributed by atoms with E-state index in [1.165, 1.54) is 10.5 Å². The van der Waals surface area contributed by atoms with Crippen LogP contribution in [0, 0.1) is 5.92 Å². The van der Waals surface area contributed by atoms with Crippen LogP contribution in [0.25, 0.3) is 0 Å². The highest BCUT2D eigenvalue weighted by Crippen LogP contribution is 2.43. The Kier molecular flexibility index (Phi) is 6.10. The Morgan fingerprint density at radius 2 is 1.89 bits per heavy atom. The van der Waals surface area contributed by atoms with Crippen molar-refractivity contribution < 1.29 is 9.84 Å². The van der Waals surface area contributed by atoms with Crippen LogP contribution in [0.1, 0.15) is 33.6 Å². The number of aliphatic hydroxyl groups is 1. The average Bonchev–Trinajstić information content (AvgIpc) is 2.97. The summed E-state index contributed by atoms with van der Waals surface area (Å²) in [6.07, 6.45) is 2.11. The molecule has 0 aliphatic carbocycles. The number of thioether (sulfide) groups is 1. The maximum Gasteiger partial charge on any atom is 0.220 e. The maximum atomic E-state index is 10.3. The normalized spacial score (nSPS) is 30.4. The molecule has 0 bridgehead atoms. The van der Waals surface area contributed by atoms with E-state index in [1.807, 2.05) is 25.6 Å². The van der Waals surface area contributed by atoms with E-state index in [-0.39, 0.29) is 11.3 Å². The number of fused-ring (bicyclic) bond motifs is 1. The summed E-state index contributed by atoms with van der Waals surface area (Å²) in [5.41, 5.74) is 0.756. The lowest BCUT2D eigenvalue weighted by Crippen LogP contribution is -2.48. The third kappa shape index (κ3) is 4.29. The van der Waals surface area contributed by atoms with Gasteiger partial charge in [-0.25, -0.2) is 9.98 Å². The Morgan fingerprint density at radius 3 is 2.54 bits per heavy atom. The van der Waals surface area contributed by atoms with Gasteiger partial charge in [-0.1, -0.05) is 0 Å². The van der Waals surface area contributed by atoms with Crippen molar-refractivity contribution >= 4 is 34.5 Å². The number of halogens is 1. The molecule has 0 amide bonds. The van der Waals surface area contributed by atoms with Gasteiger partial charge in [0.25, 0.3) is 0 Å². The van der Waals surface area contributed by atoms with E-state index in [0.717, 1.165) is 64.6 Å². The summed E-state index contributed by atoms with van der Waals surface area (Å²) in [6.45, 7) is 12.3. The number of piperidine rings is 1. The molecule has 2 atom stereocenters. The monoisotopic (exact) mass is 426 g/mol. The largest absolute Gasteiger partial charge is 0.390 e. The minimum absolute atomic E-state index is 0.0942. The van der Waals surface area contributed by atoms with E-state index in [2.05, 4.69) is 26.7 Å². The molecule has 6 nitrogen and oxygen atoms in total. The zero-order valence-corrected chi connectivity index (χ0v) is 18.6. The molecule has 156 valence electrons. The van der Waals surface area contributed by atoms with Crippen LogP contribution in [0.2, 0.25) is 0 Å². The number of hydrogen-bond acceptors (Lipinski definition) is 7. The van der Waals surface area contributed by atoms with Crippen LogP contribution in [-0.2, 0) is 4.74 Å². The first-order valence-electron chi connectivity index (χ1n) is 10.3. The number of likely N-dealkylation sites (tertiary alicyclic amines) is 1. The second-order valence-electron chi connectivity index (χ2n) is 8.76. The van der Waals surface area contributed by atoms with Crippen molar-refractivity contribution in [2.45, 2.75) is 50.5 Å². The lowest BCUT2D eigenvalue weighted by Gasteiger charge is -2.38. The summed E-state index contributed by atoms with van der Waals surface area (Å²) in [4.78, 5) is 15.5. The molecule has 2 fully saturated rings. The fraction of sp³-hybridized carbons (Fsp3) is 0.800. The van der Waals surface area contributed by atoms with Crippen LogP contribution >= 0.6 is 23.4 Å². The molecule has 28 heavy (non-hydrogen) atoms. The van der Waals surface area contributed by atoms with E-state index in [0.29, 0.717) is 11.2 Å². The molecule has 0 saturated carbocycles. The fourth-order valence-electron chi connectivity index (χ4n) is 4.57. The average molecular weight is 427 g/mol. The number of hydrogen-bond donors (Lipinski definition) is 1. The Hall–Kier alpha value is -0.600. The van der Waals surface area contributed by atoms with Gasteiger partial charge in [0.2, 0.25) is 5.29 Å². The fourth-order valence-corrected chi connectivity index (χ4v) is 6.33. The van der Waals surface area contributed by atoms with Crippen molar-refractivity contribution in [3.63, 3.8) is 0 Å². The minimum Gasteiger partial charge on any atom is -0.390 e. The summed E-state index contributed by atoms with van der Waals surface area (Å²) in [6, 6.07) is 0.0942. The van der Waals surface area contributed by atoms with Gasteiger partial charge in [-0.15, -0.1) is 11.8 Å². The van der Waals surface area contributed by atoms with Gasteiger partial charge in [-0.05, 0) is 69.8 Å². The number of amidine groups is 2. The molecule has 0 aromatic carbocycles. The summed E-state index contributed by atoms with van der Waals surface area (Å²) in [5, 5.41) is 10.9. The first kappa shape index (κ1) is 20.7. The van der Waals surface area contributed by atoms with Crippen LogP contribution in [0.5, 0.6) is 0 Å². The van der Waals surface area contributed by atoms with Crippen LogP contribution in [0.4, 0.5) is 0 Å². The standard InChI is InChI=1S/C20H31ClN4O2S/c1-13-15(12-24-6-4-14(5-7-24)20(2,3)26)28-17-16(13)22-19(21)23-18(17)25-8-10-27-11-9-25/h14,16-17,26H,4-12H2,1-3H3. The quantitative estimate of drug-likeness (QED) is 0.703. The highest BCUT2D eigenvalue weighted by Gasteiger charge is 2.42. The molecule has 4 aliphatic rings. The maximum absolute atomic E-state index is 10.3. The van der Waals surface area contributed by atoms with Gasteiger partial charge in [0.15, 0.2) is 0 Å². The second-order valence-corrected chi connectivity index (χ2v) is 10.3. The predicted octanol–water partition coefficient (Wildman–Crippen LogP) is 2.57. The van der Waals surface area contributed by atoms with E-state index in [4.69, 9.17) is 16.3 Å². The van der Waals surface area contributed by atoms with Crippen molar-refractivity contribution in [2.75, 3.05) is 45.9 Å². The van der Waals surface area contributed by atoms with E-state index in [1.54, 1.807) is 0 Å². The zero-order chi connectivity index (χ0) is 19.9. The molecular formula is C20H31ClN4O2S.